The van der Waals surface area contributed by atoms with Gasteiger partial charge in [-0.05, 0) is 36.4 Å². The van der Waals surface area contributed by atoms with Gasteiger partial charge in [-0.25, -0.2) is 9.97 Å². The van der Waals surface area contributed by atoms with Crippen LogP contribution in [-0.4, -0.2) is 33.2 Å². The van der Waals surface area contributed by atoms with Crippen LogP contribution in [0.2, 0.25) is 0 Å². The van der Waals surface area contributed by atoms with Crippen LogP contribution in [0.4, 0.5) is 0 Å². The highest BCUT2D eigenvalue weighted by Gasteiger charge is 2.24. The van der Waals surface area contributed by atoms with Crippen molar-refractivity contribution in [2.45, 2.75) is 12.5 Å². The molecule has 3 aromatic rings. The number of imidazole rings is 1. The number of methoxy groups -OCH3 is 1. The van der Waals surface area contributed by atoms with E-state index in [1.54, 1.807) is 7.11 Å². The van der Waals surface area contributed by atoms with E-state index in [0.717, 1.165) is 34.1 Å². The van der Waals surface area contributed by atoms with Crippen LogP contribution in [0.5, 0.6) is 5.75 Å². The number of ether oxygens (including phenoxy) is 1. The van der Waals surface area contributed by atoms with Gasteiger partial charge in [-0.15, -0.1) is 0 Å². The highest BCUT2D eigenvalue weighted by Crippen LogP contribution is 2.35. The standard InChI is InChI=1S/C17H17N3OS/c1-21-14-5-2-4-12(10-14)16-19-15-6-3-8-18-17(15)20(16)13-7-9-22-11-13/h2-6,8,10,13H,7,9,11H2,1H3. The number of pyridine rings is 1. The van der Waals surface area contributed by atoms with Crippen molar-refractivity contribution >= 4 is 22.9 Å². The molecule has 0 saturated carbocycles. The molecule has 4 nitrogen and oxygen atoms in total. The predicted octanol–water partition coefficient (Wildman–Crippen LogP) is 3.78. The van der Waals surface area contributed by atoms with E-state index in [4.69, 9.17) is 9.72 Å². The van der Waals surface area contributed by atoms with E-state index in [-0.39, 0.29) is 0 Å². The topological polar surface area (TPSA) is 39.9 Å². The number of nitrogens with zero attached hydrogens (tertiary/aromatic N) is 3. The molecule has 0 amide bonds. The van der Waals surface area contributed by atoms with Crippen molar-refractivity contribution in [3.63, 3.8) is 0 Å². The van der Waals surface area contributed by atoms with Gasteiger partial charge in [0.2, 0.25) is 0 Å². The third-order valence-electron chi connectivity index (χ3n) is 4.05. The summed E-state index contributed by atoms with van der Waals surface area (Å²) in [6, 6.07) is 12.5. The van der Waals surface area contributed by atoms with Crippen molar-refractivity contribution in [1.29, 1.82) is 0 Å². The minimum Gasteiger partial charge on any atom is -0.497 e. The zero-order chi connectivity index (χ0) is 14.9. The first-order valence-electron chi connectivity index (χ1n) is 7.42. The SMILES string of the molecule is COc1cccc(-c2nc3cccnc3n2C2CCSC2)c1. The van der Waals surface area contributed by atoms with E-state index in [1.807, 2.05) is 48.3 Å². The lowest BCUT2D eigenvalue weighted by Crippen LogP contribution is -2.10. The van der Waals surface area contributed by atoms with Gasteiger partial charge in [0.15, 0.2) is 5.65 Å². The molecule has 1 aliphatic heterocycles. The Labute approximate surface area is 133 Å². The number of aromatic nitrogens is 3. The van der Waals surface area contributed by atoms with E-state index >= 15 is 0 Å². The van der Waals surface area contributed by atoms with Gasteiger partial charge in [0, 0.05) is 23.6 Å². The second-order valence-corrected chi connectivity index (χ2v) is 6.55. The lowest BCUT2D eigenvalue weighted by Gasteiger charge is -2.15. The molecule has 1 aromatic carbocycles. The van der Waals surface area contributed by atoms with Crippen LogP contribution >= 0.6 is 11.8 Å². The zero-order valence-electron chi connectivity index (χ0n) is 12.4. The van der Waals surface area contributed by atoms with Crippen LogP contribution in [0, 0.1) is 0 Å². The Hall–Kier alpha value is -2.01. The van der Waals surface area contributed by atoms with Crippen molar-refractivity contribution in [3.8, 4) is 17.1 Å². The summed E-state index contributed by atoms with van der Waals surface area (Å²) in [6.07, 6.45) is 3.02. The minimum atomic E-state index is 0.464. The summed E-state index contributed by atoms with van der Waals surface area (Å²) in [5, 5.41) is 0. The molecule has 0 radical (unpaired) electrons. The van der Waals surface area contributed by atoms with Crippen molar-refractivity contribution < 1.29 is 4.74 Å². The van der Waals surface area contributed by atoms with E-state index in [2.05, 4.69) is 15.6 Å². The van der Waals surface area contributed by atoms with Gasteiger partial charge in [0.25, 0.3) is 0 Å². The Balaban J connectivity index is 1.93. The van der Waals surface area contributed by atoms with Gasteiger partial charge in [-0.2, -0.15) is 11.8 Å². The fourth-order valence-electron chi connectivity index (χ4n) is 2.97. The van der Waals surface area contributed by atoms with E-state index < -0.39 is 0 Å². The molecule has 1 aliphatic rings. The Morgan fingerprint density at radius 1 is 1.27 bits per heavy atom. The maximum atomic E-state index is 5.36. The molecule has 3 heterocycles. The smallest absolute Gasteiger partial charge is 0.160 e. The fraction of sp³-hybridized carbons (Fsp3) is 0.294. The van der Waals surface area contributed by atoms with Crippen molar-refractivity contribution in [1.82, 2.24) is 14.5 Å². The second-order valence-electron chi connectivity index (χ2n) is 5.40. The summed E-state index contributed by atoms with van der Waals surface area (Å²) in [7, 11) is 1.69. The van der Waals surface area contributed by atoms with Crippen LogP contribution < -0.4 is 4.74 Å². The molecule has 112 valence electrons. The van der Waals surface area contributed by atoms with Crippen LogP contribution in [0.1, 0.15) is 12.5 Å². The maximum Gasteiger partial charge on any atom is 0.160 e. The summed E-state index contributed by atoms with van der Waals surface area (Å²) >= 11 is 2.00. The van der Waals surface area contributed by atoms with Gasteiger partial charge in [0.1, 0.15) is 17.1 Å². The number of hydrogen-bond donors (Lipinski definition) is 0. The van der Waals surface area contributed by atoms with Gasteiger partial charge < -0.3 is 9.30 Å². The van der Waals surface area contributed by atoms with Crippen LogP contribution in [0.3, 0.4) is 0 Å². The predicted molar refractivity (Wildman–Crippen MR) is 90.5 cm³/mol. The Morgan fingerprint density at radius 2 is 2.23 bits per heavy atom. The molecule has 1 saturated heterocycles. The number of thioether (sulfide) groups is 1. The fourth-order valence-corrected chi connectivity index (χ4v) is 4.16. The number of fused-ring (bicyclic) bond motifs is 1. The lowest BCUT2D eigenvalue weighted by atomic mass is 10.2. The molecular weight excluding hydrogens is 294 g/mol. The maximum absolute atomic E-state index is 5.36. The van der Waals surface area contributed by atoms with Crippen molar-refractivity contribution in [3.05, 3.63) is 42.6 Å². The molecule has 0 aliphatic carbocycles. The molecular formula is C17H17N3OS. The first kappa shape index (κ1) is 13.6. The molecule has 5 heteroatoms. The highest BCUT2D eigenvalue weighted by molar-refractivity contribution is 7.99. The van der Waals surface area contributed by atoms with E-state index in [1.165, 1.54) is 12.2 Å². The zero-order valence-corrected chi connectivity index (χ0v) is 13.2. The third kappa shape index (κ3) is 2.25. The van der Waals surface area contributed by atoms with Gasteiger partial charge in [-0.1, -0.05) is 12.1 Å². The van der Waals surface area contributed by atoms with Gasteiger partial charge in [-0.3, -0.25) is 0 Å². The Kier molecular flexibility index (Phi) is 3.50. The lowest BCUT2D eigenvalue weighted by molar-refractivity contribution is 0.415. The molecule has 1 fully saturated rings. The average molecular weight is 311 g/mol. The monoisotopic (exact) mass is 311 g/mol. The highest BCUT2D eigenvalue weighted by atomic mass is 32.2. The average Bonchev–Trinajstić information content (AvgIpc) is 3.21. The normalized spacial score (nSPS) is 18.0. The number of rotatable bonds is 3. The van der Waals surface area contributed by atoms with Crippen LogP contribution in [-0.2, 0) is 0 Å². The summed E-state index contributed by atoms with van der Waals surface area (Å²) in [5.41, 5.74) is 3.01. The summed E-state index contributed by atoms with van der Waals surface area (Å²) < 4.78 is 7.67. The number of hydrogen-bond acceptors (Lipinski definition) is 4. The first-order valence-corrected chi connectivity index (χ1v) is 8.57. The van der Waals surface area contributed by atoms with Gasteiger partial charge >= 0.3 is 0 Å². The Morgan fingerprint density at radius 3 is 3.05 bits per heavy atom. The summed E-state index contributed by atoms with van der Waals surface area (Å²) in [6.45, 7) is 0. The molecule has 2 aromatic heterocycles. The first-order chi connectivity index (χ1) is 10.9. The molecule has 0 spiro atoms. The summed E-state index contributed by atoms with van der Waals surface area (Å²) in [5.74, 6) is 4.17. The third-order valence-corrected chi connectivity index (χ3v) is 5.19. The van der Waals surface area contributed by atoms with Crippen molar-refractivity contribution in [2.24, 2.45) is 0 Å². The van der Waals surface area contributed by atoms with E-state index in [9.17, 15) is 0 Å². The minimum absolute atomic E-state index is 0.464. The number of benzene rings is 1. The largest absolute Gasteiger partial charge is 0.497 e. The van der Waals surface area contributed by atoms with Crippen LogP contribution in [0.25, 0.3) is 22.6 Å². The molecule has 1 atom stereocenters. The molecule has 4 rings (SSSR count). The molecule has 0 bridgehead atoms. The molecule has 22 heavy (non-hydrogen) atoms. The molecule has 1 unspecified atom stereocenters. The molecule has 0 N–H and O–H groups in total. The summed E-state index contributed by atoms with van der Waals surface area (Å²) in [4.78, 5) is 9.41. The van der Waals surface area contributed by atoms with Crippen LogP contribution in [0.15, 0.2) is 42.6 Å². The van der Waals surface area contributed by atoms with Gasteiger partial charge in [0.05, 0.1) is 7.11 Å². The Bertz CT molecular complexity index is 809. The van der Waals surface area contributed by atoms with Crippen molar-refractivity contribution in [2.75, 3.05) is 18.6 Å². The quantitative estimate of drug-likeness (QED) is 0.738. The second kappa shape index (κ2) is 5.65. The van der Waals surface area contributed by atoms with E-state index in [0.29, 0.717) is 6.04 Å².